The zero-order valence-corrected chi connectivity index (χ0v) is 7.30. The molecule has 64 valence electrons. The molecule has 1 fully saturated rings. The highest BCUT2D eigenvalue weighted by molar-refractivity contribution is 5.72. The molecule has 0 bridgehead atoms. The third kappa shape index (κ3) is 1.95. The zero-order valence-electron chi connectivity index (χ0n) is 7.30. The first-order chi connectivity index (χ1) is 5.25. The molecular weight excluding hydrogens is 140 g/mol. The van der Waals surface area contributed by atoms with Gasteiger partial charge in [-0.25, -0.2) is 0 Å². The number of hydrogen-bond donors (Lipinski definition) is 0. The predicted octanol–water partition coefficient (Wildman–Crippen LogP) is 1.99. The molecule has 0 unspecified atom stereocenters. The van der Waals surface area contributed by atoms with Crippen LogP contribution in [-0.4, -0.2) is 13.1 Å². The van der Waals surface area contributed by atoms with Gasteiger partial charge < -0.3 is 4.74 Å². The van der Waals surface area contributed by atoms with Crippen molar-refractivity contribution in [3.05, 3.63) is 0 Å². The molecule has 2 heteroatoms. The zero-order chi connectivity index (χ0) is 8.27. The molecule has 1 aliphatic carbocycles. The maximum atomic E-state index is 11.1. The van der Waals surface area contributed by atoms with Crippen molar-refractivity contribution in [1.82, 2.24) is 0 Å². The minimum atomic E-state index is -0.0445. The monoisotopic (exact) mass is 156 g/mol. The van der Waals surface area contributed by atoms with Crippen LogP contribution in [0, 0.1) is 11.8 Å². The molecule has 0 aromatic carbocycles. The summed E-state index contributed by atoms with van der Waals surface area (Å²) in [6.45, 7) is 1.97. The Labute approximate surface area is 67.9 Å². The molecule has 1 atom stereocenters. The van der Waals surface area contributed by atoms with Crippen molar-refractivity contribution in [2.75, 3.05) is 7.11 Å². The van der Waals surface area contributed by atoms with Gasteiger partial charge in [-0.1, -0.05) is 19.8 Å². The third-order valence-electron chi connectivity index (χ3n) is 2.68. The van der Waals surface area contributed by atoms with Crippen LogP contribution in [0.15, 0.2) is 0 Å². The molecule has 0 N–H and O–H groups in total. The Hall–Kier alpha value is -0.530. The van der Waals surface area contributed by atoms with Gasteiger partial charge in [-0.05, 0) is 18.8 Å². The van der Waals surface area contributed by atoms with Crippen LogP contribution < -0.4 is 0 Å². The summed E-state index contributed by atoms with van der Waals surface area (Å²) in [7, 11) is 1.47. The topological polar surface area (TPSA) is 26.3 Å². The lowest BCUT2D eigenvalue weighted by Crippen LogP contribution is -2.19. The Bertz CT molecular complexity index is 136. The second kappa shape index (κ2) is 3.74. The maximum absolute atomic E-state index is 11.1. The molecule has 0 aliphatic heterocycles. The molecule has 1 saturated carbocycles. The largest absolute Gasteiger partial charge is 0.469 e. The number of hydrogen-bond acceptors (Lipinski definition) is 2. The van der Waals surface area contributed by atoms with E-state index in [1.165, 1.54) is 32.8 Å². The summed E-state index contributed by atoms with van der Waals surface area (Å²) in [6.07, 6.45) is 4.98. The molecular formula is C9H16O2. The van der Waals surface area contributed by atoms with Gasteiger partial charge >= 0.3 is 5.97 Å². The summed E-state index contributed by atoms with van der Waals surface area (Å²) in [5.41, 5.74) is 0. The first-order valence-corrected chi connectivity index (χ1v) is 4.33. The standard InChI is InChI=1S/C9H16O2/c1-7(9(10)11-2)8-5-3-4-6-8/h7-8H,3-6H2,1-2H3/t7-/m0/s1. The predicted molar refractivity (Wildman–Crippen MR) is 43.1 cm³/mol. The highest BCUT2D eigenvalue weighted by Gasteiger charge is 2.26. The Morgan fingerprint density at radius 3 is 2.45 bits per heavy atom. The van der Waals surface area contributed by atoms with E-state index in [-0.39, 0.29) is 11.9 Å². The molecule has 2 nitrogen and oxygen atoms in total. The first kappa shape index (κ1) is 8.57. The summed E-state index contributed by atoms with van der Waals surface area (Å²) in [6, 6.07) is 0. The van der Waals surface area contributed by atoms with Crippen molar-refractivity contribution >= 4 is 5.97 Å². The summed E-state index contributed by atoms with van der Waals surface area (Å²) >= 11 is 0. The van der Waals surface area contributed by atoms with Gasteiger partial charge in [-0.15, -0.1) is 0 Å². The van der Waals surface area contributed by atoms with Crippen LogP contribution in [0.1, 0.15) is 32.6 Å². The van der Waals surface area contributed by atoms with Crippen molar-refractivity contribution in [3.63, 3.8) is 0 Å². The van der Waals surface area contributed by atoms with Crippen molar-refractivity contribution in [2.45, 2.75) is 32.6 Å². The van der Waals surface area contributed by atoms with E-state index >= 15 is 0 Å². The molecule has 0 aromatic rings. The van der Waals surface area contributed by atoms with Crippen molar-refractivity contribution in [1.29, 1.82) is 0 Å². The lowest BCUT2D eigenvalue weighted by Gasteiger charge is -2.15. The van der Waals surface area contributed by atoms with Gasteiger partial charge in [0.2, 0.25) is 0 Å². The van der Waals surface area contributed by atoms with Crippen molar-refractivity contribution < 1.29 is 9.53 Å². The fourth-order valence-corrected chi connectivity index (χ4v) is 1.84. The van der Waals surface area contributed by atoms with Crippen LogP contribution in [0.25, 0.3) is 0 Å². The Morgan fingerprint density at radius 1 is 1.45 bits per heavy atom. The fourth-order valence-electron chi connectivity index (χ4n) is 1.84. The quantitative estimate of drug-likeness (QED) is 0.571. The van der Waals surface area contributed by atoms with E-state index in [4.69, 9.17) is 0 Å². The Morgan fingerprint density at radius 2 is 2.00 bits per heavy atom. The molecule has 1 aliphatic rings. The number of carbonyl (C=O) groups is 1. The number of esters is 1. The van der Waals surface area contributed by atoms with Crippen LogP contribution in [0.2, 0.25) is 0 Å². The lowest BCUT2D eigenvalue weighted by atomic mass is 9.93. The third-order valence-corrected chi connectivity index (χ3v) is 2.68. The molecule has 11 heavy (non-hydrogen) atoms. The average molecular weight is 156 g/mol. The smallest absolute Gasteiger partial charge is 0.308 e. The lowest BCUT2D eigenvalue weighted by molar-refractivity contribution is -0.146. The first-order valence-electron chi connectivity index (χ1n) is 4.33. The Balaban J connectivity index is 2.39. The molecule has 1 rings (SSSR count). The van der Waals surface area contributed by atoms with Gasteiger partial charge in [0, 0.05) is 0 Å². The molecule has 0 aromatic heterocycles. The fraction of sp³-hybridized carbons (Fsp3) is 0.889. The van der Waals surface area contributed by atoms with Crippen LogP contribution in [0.3, 0.4) is 0 Å². The molecule has 0 spiro atoms. The van der Waals surface area contributed by atoms with Crippen LogP contribution in [0.4, 0.5) is 0 Å². The van der Waals surface area contributed by atoms with E-state index in [1.54, 1.807) is 0 Å². The molecule has 0 amide bonds. The second-order valence-corrected chi connectivity index (χ2v) is 3.36. The van der Waals surface area contributed by atoms with E-state index in [0.717, 1.165) is 0 Å². The number of carbonyl (C=O) groups excluding carboxylic acids is 1. The van der Waals surface area contributed by atoms with E-state index in [9.17, 15) is 4.79 Å². The summed E-state index contributed by atoms with van der Waals surface area (Å²) in [4.78, 5) is 11.1. The van der Waals surface area contributed by atoms with Gasteiger partial charge in [0.15, 0.2) is 0 Å². The van der Waals surface area contributed by atoms with E-state index < -0.39 is 0 Å². The molecule has 0 heterocycles. The average Bonchev–Trinajstić information content (AvgIpc) is 2.53. The van der Waals surface area contributed by atoms with E-state index in [0.29, 0.717) is 5.92 Å². The molecule has 0 saturated heterocycles. The normalized spacial score (nSPS) is 21.6. The van der Waals surface area contributed by atoms with Gasteiger partial charge in [0.25, 0.3) is 0 Å². The van der Waals surface area contributed by atoms with E-state index in [2.05, 4.69) is 4.74 Å². The summed E-state index contributed by atoms with van der Waals surface area (Å²) in [5, 5.41) is 0. The maximum Gasteiger partial charge on any atom is 0.308 e. The van der Waals surface area contributed by atoms with Crippen molar-refractivity contribution in [2.24, 2.45) is 11.8 Å². The minimum Gasteiger partial charge on any atom is -0.469 e. The number of methoxy groups -OCH3 is 1. The van der Waals surface area contributed by atoms with Gasteiger partial charge in [-0.2, -0.15) is 0 Å². The minimum absolute atomic E-state index is 0.0445. The highest BCUT2D eigenvalue weighted by atomic mass is 16.5. The van der Waals surface area contributed by atoms with Crippen LogP contribution >= 0.6 is 0 Å². The molecule has 0 radical (unpaired) electrons. The second-order valence-electron chi connectivity index (χ2n) is 3.36. The van der Waals surface area contributed by atoms with Gasteiger partial charge in [0.05, 0.1) is 13.0 Å². The summed E-state index contributed by atoms with van der Waals surface area (Å²) in [5.74, 6) is 0.654. The van der Waals surface area contributed by atoms with Crippen LogP contribution in [0.5, 0.6) is 0 Å². The van der Waals surface area contributed by atoms with Crippen molar-refractivity contribution in [3.8, 4) is 0 Å². The van der Waals surface area contributed by atoms with Crippen LogP contribution in [-0.2, 0) is 9.53 Å². The number of ether oxygens (including phenoxy) is 1. The summed E-state index contributed by atoms with van der Waals surface area (Å²) < 4.78 is 4.69. The Kier molecular flexibility index (Phi) is 2.92. The number of rotatable bonds is 2. The highest BCUT2D eigenvalue weighted by Crippen LogP contribution is 2.31. The van der Waals surface area contributed by atoms with E-state index in [1.807, 2.05) is 6.92 Å². The van der Waals surface area contributed by atoms with Gasteiger partial charge in [-0.3, -0.25) is 4.79 Å². The van der Waals surface area contributed by atoms with Gasteiger partial charge in [0.1, 0.15) is 0 Å². The SMILES string of the molecule is COC(=O)[C@@H](C)C1CCCC1.